The number of hydrogen-bond acceptors (Lipinski definition) is 4. The summed E-state index contributed by atoms with van der Waals surface area (Å²) in [6, 6.07) is 4.77. The lowest BCUT2D eigenvalue weighted by Gasteiger charge is -2.19. The van der Waals surface area contributed by atoms with Gasteiger partial charge in [0.2, 0.25) is 10.0 Å². The van der Waals surface area contributed by atoms with E-state index in [1.54, 1.807) is 19.2 Å². The van der Waals surface area contributed by atoms with Gasteiger partial charge >= 0.3 is 0 Å². The lowest BCUT2D eigenvalue weighted by Crippen LogP contribution is -2.30. The minimum Gasteiger partial charge on any atom is -0.364 e. The molecule has 124 valence electrons. The van der Waals surface area contributed by atoms with Crippen LogP contribution >= 0.6 is 22.9 Å². The Hall–Kier alpha value is -1.61. The number of sulfonamides is 1. The number of nitrogens with two attached hydrogens (primary N) is 1. The van der Waals surface area contributed by atoms with Crippen LogP contribution in [0.3, 0.4) is 0 Å². The molecule has 0 fully saturated rings. The lowest BCUT2D eigenvalue weighted by molar-refractivity contribution is 0.0992. The van der Waals surface area contributed by atoms with Crippen molar-refractivity contribution >= 4 is 38.9 Å². The van der Waals surface area contributed by atoms with E-state index in [-0.39, 0.29) is 23.7 Å². The van der Waals surface area contributed by atoms with Crippen LogP contribution in [-0.2, 0) is 23.6 Å². The predicted octanol–water partition coefficient (Wildman–Crippen LogP) is 2.22. The number of carbonyl (C=O) groups excluding carboxylic acids is 1. The predicted molar refractivity (Wildman–Crippen MR) is 91.1 cm³/mol. The molecular formula is C14H16ClN3O3S2. The first-order valence-electron chi connectivity index (χ1n) is 6.57. The molecule has 0 aliphatic rings. The van der Waals surface area contributed by atoms with Crippen LogP contribution in [0.1, 0.15) is 15.4 Å². The molecule has 0 aromatic carbocycles. The number of carbonyl (C=O) groups is 1. The summed E-state index contributed by atoms with van der Waals surface area (Å²) in [5.41, 5.74) is 5.36. The van der Waals surface area contributed by atoms with E-state index in [2.05, 4.69) is 6.58 Å². The van der Waals surface area contributed by atoms with E-state index in [1.165, 1.54) is 38.5 Å². The van der Waals surface area contributed by atoms with Crippen molar-refractivity contribution in [1.82, 2.24) is 8.87 Å². The first-order valence-corrected chi connectivity index (χ1v) is 9.20. The van der Waals surface area contributed by atoms with Gasteiger partial charge in [0.25, 0.3) is 5.91 Å². The molecule has 0 saturated carbocycles. The van der Waals surface area contributed by atoms with E-state index in [0.717, 1.165) is 4.88 Å². The average molecular weight is 374 g/mol. The molecule has 6 nitrogen and oxygen atoms in total. The van der Waals surface area contributed by atoms with Gasteiger partial charge in [0.1, 0.15) is 10.6 Å². The number of primary amides is 1. The number of aromatic nitrogens is 1. The normalized spacial score (nSPS) is 11.8. The molecule has 0 spiro atoms. The fourth-order valence-electron chi connectivity index (χ4n) is 2.07. The molecule has 2 N–H and O–H groups in total. The molecule has 9 heteroatoms. The molecule has 0 saturated heterocycles. The Morgan fingerprint density at radius 2 is 2.22 bits per heavy atom. The summed E-state index contributed by atoms with van der Waals surface area (Å²) < 4.78 is 28.9. The van der Waals surface area contributed by atoms with E-state index in [4.69, 9.17) is 17.3 Å². The van der Waals surface area contributed by atoms with Gasteiger partial charge in [-0.15, -0.1) is 17.9 Å². The van der Waals surface area contributed by atoms with Gasteiger partial charge in [-0.2, -0.15) is 4.31 Å². The summed E-state index contributed by atoms with van der Waals surface area (Å²) in [5.74, 6) is -0.686. The van der Waals surface area contributed by atoms with Gasteiger partial charge < -0.3 is 10.3 Å². The minimum atomic E-state index is -3.79. The van der Waals surface area contributed by atoms with Crippen LogP contribution in [0.2, 0.25) is 4.34 Å². The zero-order chi connectivity index (χ0) is 17.2. The fourth-order valence-corrected chi connectivity index (χ4v) is 4.72. The number of aryl methyl sites for hydroxylation is 1. The number of rotatable bonds is 7. The molecular weight excluding hydrogens is 358 g/mol. The maximum Gasteiger partial charge on any atom is 0.265 e. The summed E-state index contributed by atoms with van der Waals surface area (Å²) in [4.78, 5) is 12.1. The van der Waals surface area contributed by atoms with Gasteiger partial charge in [0.15, 0.2) is 0 Å². The molecule has 0 aliphatic carbocycles. The Kier molecular flexibility index (Phi) is 5.30. The molecule has 0 bridgehead atoms. The number of amides is 1. The second-order valence-corrected chi connectivity index (χ2v) is 8.57. The molecule has 2 heterocycles. The van der Waals surface area contributed by atoms with Gasteiger partial charge in [-0.3, -0.25) is 4.79 Å². The summed E-state index contributed by atoms with van der Waals surface area (Å²) >= 11 is 7.20. The van der Waals surface area contributed by atoms with Crippen LogP contribution in [0, 0.1) is 0 Å². The molecule has 23 heavy (non-hydrogen) atoms. The standard InChI is InChI=1S/C14H16ClN3O3S2/c1-3-6-18(8-10-4-5-13(15)22-10)23(20,21)11-7-12(14(16)19)17(2)9-11/h3-5,7,9H,1,6,8H2,2H3,(H2,16,19). The van der Waals surface area contributed by atoms with E-state index in [0.29, 0.717) is 4.34 Å². The van der Waals surface area contributed by atoms with E-state index in [9.17, 15) is 13.2 Å². The second kappa shape index (κ2) is 6.88. The Labute approximate surface area is 143 Å². The summed E-state index contributed by atoms with van der Waals surface area (Å²) in [7, 11) is -2.22. The Bertz CT molecular complexity index is 839. The smallest absolute Gasteiger partial charge is 0.265 e. The van der Waals surface area contributed by atoms with Crippen LogP contribution in [0.25, 0.3) is 0 Å². The number of nitrogens with zero attached hydrogens (tertiary/aromatic N) is 2. The highest BCUT2D eigenvalue weighted by Crippen LogP contribution is 2.26. The van der Waals surface area contributed by atoms with Crippen molar-refractivity contribution in [3.63, 3.8) is 0 Å². The van der Waals surface area contributed by atoms with Gasteiger partial charge in [-0.1, -0.05) is 17.7 Å². The van der Waals surface area contributed by atoms with Crippen molar-refractivity contribution < 1.29 is 13.2 Å². The summed E-state index contributed by atoms with van der Waals surface area (Å²) in [6.07, 6.45) is 2.87. The van der Waals surface area contributed by atoms with E-state index in [1.807, 2.05) is 0 Å². The van der Waals surface area contributed by atoms with Crippen molar-refractivity contribution in [2.24, 2.45) is 12.8 Å². The SMILES string of the molecule is C=CCN(Cc1ccc(Cl)s1)S(=O)(=O)c1cc(C(N)=O)n(C)c1. The molecule has 2 aromatic rings. The number of thiophene rings is 1. The summed E-state index contributed by atoms with van der Waals surface area (Å²) in [6.45, 7) is 3.91. The summed E-state index contributed by atoms with van der Waals surface area (Å²) in [5, 5.41) is 0. The zero-order valence-electron chi connectivity index (χ0n) is 12.4. The highest BCUT2D eigenvalue weighted by molar-refractivity contribution is 7.89. The van der Waals surface area contributed by atoms with Gasteiger partial charge in [0, 0.05) is 31.2 Å². The first-order chi connectivity index (χ1) is 10.8. The van der Waals surface area contributed by atoms with Crippen molar-refractivity contribution in [2.75, 3.05) is 6.54 Å². The third kappa shape index (κ3) is 3.84. The highest BCUT2D eigenvalue weighted by atomic mass is 35.5. The molecule has 2 aromatic heterocycles. The fraction of sp³-hybridized carbons (Fsp3) is 0.214. The van der Waals surface area contributed by atoms with Crippen molar-refractivity contribution in [3.8, 4) is 0 Å². The van der Waals surface area contributed by atoms with Gasteiger partial charge in [0.05, 0.1) is 4.34 Å². The molecule has 1 amide bonds. The maximum absolute atomic E-state index is 12.8. The largest absolute Gasteiger partial charge is 0.364 e. The maximum atomic E-state index is 12.8. The number of halogens is 1. The lowest BCUT2D eigenvalue weighted by atomic mass is 10.4. The quantitative estimate of drug-likeness (QED) is 0.755. The van der Waals surface area contributed by atoms with Gasteiger partial charge in [-0.25, -0.2) is 8.42 Å². The third-order valence-corrected chi connectivity index (χ3v) is 6.16. The molecule has 0 unspecified atom stereocenters. The molecule has 0 aliphatic heterocycles. The Balaban J connectivity index is 2.38. The number of hydrogen-bond donors (Lipinski definition) is 1. The van der Waals surface area contributed by atoms with Crippen LogP contribution in [-0.4, -0.2) is 29.7 Å². The van der Waals surface area contributed by atoms with E-state index < -0.39 is 15.9 Å². The monoisotopic (exact) mass is 373 g/mol. The molecule has 0 atom stereocenters. The second-order valence-electron chi connectivity index (χ2n) is 4.83. The van der Waals surface area contributed by atoms with Crippen LogP contribution in [0.5, 0.6) is 0 Å². The average Bonchev–Trinajstić information content (AvgIpc) is 3.04. The van der Waals surface area contributed by atoms with Crippen molar-refractivity contribution in [2.45, 2.75) is 11.4 Å². The molecule has 0 radical (unpaired) electrons. The van der Waals surface area contributed by atoms with E-state index >= 15 is 0 Å². The zero-order valence-corrected chi connectivity index (χ0v) is 14.8. The van der Waals surface area contributed by atoms with Crippen LogP contribution < -0.4 is 5.73 Å². The van der Waals surface area contributed by atoms with Crippen LogP contribution in [0.15, 0.2) is 41.9 Å². The Morgan fingerprint density at radius 1 is 1.52 bits per heavy atom. The minimum absolute atomic E-state index is 0.0123. The van der Waals surface area contributed by atoms with Gasteiger partial charge in [-0.05, 0) is 18.2 Å². The third-order valence-electron chi connectivity index (χ3n) is 3.16. The Morgan fingerprint density at radius 3 is 2.70 bits per heavy atom. The topological polar surface area (TPSA) is 85.4 Å². The molecule has 2 rings (SSSR count). The van der Waals surface area contributed by atoms with Crippen LogP contribution in [0.4, 0.5) is 0 Å². The van der Waals surface area contributed by atoms with Crippen molar-refractivity contribution in [3.05, 3.63) is 52.0 Å². The highest BCUT2D eigenvalue weighted by Gasteiger charge is 2.27. The van der Waals surface area contributed by atoms with Crippen molar-refractivity contribution in [1.29, 1.82) is 0 Å². The first kappa shape index (κ1) is 17.7.